The van der Waals surface area contributed by atoms with Gasteiger partial charge in [-0.05, 0) is 42.4 Å². The van der Waals surface area contributed by atoms with Crippen LogP contribution in [0.5, 0.6) is 0 Å². The van der Waals surface area contributed by atoms with Crippen LogP contribution in [-0.2, 0) is 0 Å². The van der Waals surface area contributed by atoms with Crippen molar-refractivity contribution in [2.75, 3.05) is 0 Å². The number of hydrogen-bond acceptors (Lipinski definition) is 0. The van der Waals surface area contributed by atoms with Crippen LogP contribution in [-0.4, -0.2) is 15.7 Å². The second-order valence-corrected chi connectivity index (χ2v) is 7.83. The highest BCUT2D eigenvalue weighted by Gasteiger charge is 2.51. The Hall–Kier alpha value is 0.130. The predicted molar refractivity (Wildman–Crippen MR) is 75.2 cm³/mol. The van der Waals surface area contributed by atoms with Crippen molar-refractivity contribution in [3.05, 3.63) is 0 Å². The summed E-state index contributed by atoms with van der Waals surface area (Å²) >= 11 is 0. The summed E-state index contributed by atoms with van der Waals surface area (Å²) < 4.78 is 0. The van der Waals surface area contributed by atoms with E-state index in [-0.39, 0.29) is 0 Å². The maximum atomic E-state index is 2.48. The third kappa shape index (κ3) is 1.68. The second kappa shape index (κ2) is 3.82. The smallest absolute Gasteiger partial charge is 0.0842 e. The SMILES string of the molecule is BC(B)(C)C1CC2CCCC3CCCC1C32. The van der Waals surface area contributed by atoms with E-state index in [2.05, 4.69) is 22.6 Å². The van der Waals surface area contributed by atoms with Gasteiger partial charge in [0.15, 0.2) is 0 Å². The molecule has 0 saturated heterocycles. The van der Waals surface area contributed by atoms with Crippen molar-refractivity contribution >= 4 is 15.7 Å². The molecule has 0 aromatic carbocycles. The lowest BCUT2D eigenvalue weighted by molar-refractivity contribution is 0.0837. The van der Waals surface area contributed by atoms with Crippen LogP contribution in [0, 0.1) is 29.6 Å². The molecule has 0 aliphatic heterocycles. The largest absolute Gasteiger partial charge is 0.0992 e. The summed E-state index contributed by atoms with van der Waals surface area (Å²) in [4.78, 5) is 0. The third-order valence-electron chi connectivity index (χ3n) is 6.03. The van der Waals surface area contributed by atoms with Crippen LogP contribution in [0.2, 0.25) is 5.21 Å². The Morgan fingerprint density at radius 2 is 1.56 bits per heavy atom. The Balaban J connectivity index is 1.86. The van der Waals surface area contributed by atoms with Gasteiger partial charge < -0.3 is 0 Å². The highest BCUT2D eigenvalue weighted by molar-refractivity contribution is 6.39. The fourth-order valence-electron chi connectivity index (χ4n) is 5.50. The molecule has 0 spiro atoms. The first-order valence-electron chi connectivity index (χ1n) is 7.57. The van der Waals surface area contributed by atoms with Crippen molar-refractivity contribution in [1.82, 2.24) is 0 Å². The quantitative estimate of drug-likeness (QED) is 0.589. The predicted octanol–water partition coefficient (Wildman–Crippen LogP) is 2.24. The zero-order valence-electron chi connectivity index (χ0n) is 11.3. The van der Waals surface area contributed by atoms with Gasteiger partial charge in [-0.15, -0.1) is 0 Å². The van der Waals surface area contributed by atoms with E-state index >= 15 is 0 Å². The summed E-state index contributed by atoms with van der Waals surface area (Å²) in [6.07, 6.45) is 10.9. The normalized spacial score (nSPS) is 47.7. The van der Waals surface area contributed by atoms with Crippen molar-refractivity contribution in [2.24, 2.45) is 29.6 Å². The molecule has 0 aromatic rings. The standard InChI is InChI=1S/C14H26B2/c1-14(15,16)12-8-10-6-2-4-9-5-3-7-11(12)13(9)10/h9-13H,2-8,15-16H2,1H3. The molecule has 0 nitrogen and oxygen atoms in total. The monoisotopic (exact) mass is 216 g/mol. The molecule has 0 radical (unpaired) electrons. The number of rotatable bonds is 1. The van der Waals surface area contributed by atoms with Gasteiger partial charge in [0, 0.05) is 0 Å². The molecule has 88 valence electrons. The van der Waals surface area contributed by atoms with E-state index in [0.29, 0.717) is 5.21 Å². The van der Waals surface area contributed by atoms with Crippen LogP contribution in [0.1, 0.15) is 51.9 Å². The minimum Gasteiger partial charge on any atom is -0.0842 e. The molecular formula is C14H26B2. The van der Waals surface area contributed by atoms with E-state index < -0.39 is 0 Å². The van der Waals surface area contributed by atoms with E-state index in [1.165, 1.54) is 12.8 Å². The topological polar surface area (TPSA) is 0 Å². The molecule has 3 fully saturated rings. The highest BCUT2D eigenvalue weighted by atomic mass is 14.5. The summed E-state index contributed by atoms with van der Waals surface area (Å²) in [6.45, 7) is 2.48. The molecule has 0 N–H and O–H groups in total. The van der Waals surface area contributed by atoms with Crippen molar-refractivity contribution in [3.63, 3.8) is 0 Å². The molecule has 3 aliphatic carbocycles. The minimum absolute atomic E-state index is 0.559. The molecule has 16 heavy (non-hydrogen) atoms. The van der Waals surface area contributed by atoms with Crippen LogP contribution in [0.25, 0.3) is 0 Å². The Kier molecular flexibility index (Phi) is 2.68. The Bertz CT molecular complexity index is 264. The first-order chi connectivity index (χ1) is 7.57. The molecule has 3 rings (SSSR count). The first kappa shape index (κ1) is 11.2. The van der Waals surface area contributed by atoms with Gasteiger partial charge in [-0.1, -0.05) is 44.2 Å². The molecule has 0 amide bonds. The lowest BCUT2D eigenvalue weighted by atomic mass is 9.46. The summed E-state index contributed by atoms with van der Waals surface area (Å²) in [6, 6.07) is 0. The van der Waals surface area contributed by atoms with E-state index in [1.807, 2.05) is 0 Å². The van der Waals surface area contributed by atoms with Gasteiger partial charge >= 0.3 is 0 Å². The lowest BCUT2D eigenvalue weighted by Gasteiger charge is -2.43. The zero-order valence-corrected chi connectivity index (χ0v) is 11.3. The summed E-state index contributed by atoms with van der Waals surface area (Å²) in [5, 5.41) is 0.559. The summed E-state index contributed by atoms with van der Waals surface area (Å²) in [7, 11) is 4.97. The van der Waals surface area contributed by atoms with Gasteiger partial charge in [-0.2, -0.15) is 0 Å². The van der Waals surface area contributed by atoms with E-state index in [9.17, 15) is 0 Å². The fourth-order valence-corrected chi connectivity index (χ4v) is 5.50. The third-order valence-corrected chi connectivity index (χ3v) is 6.03. The van der Waals surface area contributed by atoms with Crippen molar-refractivity contribution in [1.29, 1.82) is 0 Å². The Labute approximate surface area is 103 Å². The zero-order chi connectivity index (χ0) is 11.3. The van der Waals surface area contributed by atoms with E-state index in [1.54, 1.807) is 32.1 Å². The molecule has 0 aromatic heterocycles. The van der Waals surface area contributed by atoms with Crippen LogP contribution < -0.4 is 0 Å². The minimum atomic E-state index is 0.559. The molecule has 0 bridgehead atoms. The van der Waals surface area contributed by atoms with Gasteiger partial charge in [-0.3, -0.25) is 0 Å². The Morgan fingerprint density at radius 1 is 0.938 bits per heavy atom. The molecular weight excluding hydrogens is 190 g/mol. The average molecular weight is 216 g/mol. The van der Waals surface area contributed by atoms with E-state index in [4.69, 9.17) is 0 Å². The molecule has 3 aliphatic rings. The maximum Gasteiger partial charge on any atom is 0.0992 e. The molecule has 5 atom stereocenters. The van der Waals surface area contributed by atoms with Crippen LogP contribution in [0.4, 0.5) is 0 Å². The highest BCUT2D eigenvalue weighted by Crippen LogP contribution is 2.60. The maximum absolute atomic E-state index is 2.48. The number of hydrogen-bond donors (Lipinski definition) is 0. The summed E-state index contributed by atoms with van der Waals surface area (Å²) in [5.41, 5.74) is 0. The van der Waals surface area contributed by atoms with Crippen molar-refractivity contribution in [2.45, 2.75) is 57.1 Å². The van der Waals surface area contributed by atoms with Crippen molar-refractivity contribution < 1.29 is 0 Å². The molecule has 2 heteroatoms. The van der Waals surface area contributed by atoms with Crippen molar-refractivity contribution in [3.8, 4) is 0 Å². The molecule has 3 saturated carbocycles. The average Bonchev–Trinajstić information content (AvgIpc) is 2.60. The van der Waals surface area contributed by atoms with Gasteiger partial charge in [0.25, 0.3) is 0 Å². The van der Waals surface area contributed by atoms with E-state index in [0.717, 1.165) is 29.6 Å². The van der Waals surface area contributed by atoms with Crippen LogP contribution in [0.15, 0.2) is 0 Å². The Morgan fingerprint density at radius 3 is 2.25 bits per heavy atom. The van der Waals surface area contributed by atoms with Crippen LogP contribution in [0.3, 0.4) is 0 Å². The molecule has 5 unspecified atom stereocenters. The van der Waals surface area contributed by atoms with Gasteiger partial charge in [0.05, 0.1) is 15.7 Å². The van der Waals surface area contributed by atoms with Gasteiger partial charge in [0.2, 0.25) is 0 Å². The fraction of sp³-hybridized carbons (Fsp3) is 1.00. The van der Waals surface area contributed by atoms with Gasteiger partial charge in [0.1, 0.15) is 0 Å². The van der Waals surface area contributed by atoms with Gasteiger partial charge in [-0.25, -0.2) is 0 Å². The summed E-state index contributed by atoms with van der Waals surface area (Å²) in [5.74, 6) is 5.53. The first-order valence-corrected chi connectivity index (χ1v) is 7.57. The second-order valence-electron chi connectivity index (χ2n) is 7.83. The lowest BCUT2D eigenvalue weighted by Crippen LogP contribution is -2.35. The molecule has 0 heterocycles. The van der Waals surface area contributed by atoms with Crippen LogP contribution >= 0.6 is 0 Å².